The van der Waals surface area contributed by atoms with Crippen molar-refractivity contribution in [2.45, 2.75) is 31.3 Å². The SMILES string of the molecule is NCCN[C@H]1C[C@@H](N)C[C@@H]1Cc1cccc(N)n1. The summed E-state index contributed by atoms with van der Waals surface area (Å²) in [5, 5.41) is 3.48. The average Bonchev–Trinajstić information content (AvgIpc) is 2.67. The largest absolute Gasteiger partial charge is 0.384 e. The number of nitrogen functional groups attached to an aromatic ring is 1. The third kappa shape index (κ3) is 3.41. The molecule has 100 valence electrons. The molecule has 1 fully saturated rings. The van der Waals surface area contributed by atoms with Crippen molar-refractivity contribution in [3.63, 3.8) is 0 Å². The highest BCUT2D eigenvalue weighted by Gasteiger charge is 2.32. The van der Waals surface area contributed by atoms with Gasteiger partial charge in [0.05, 0.1) is 0 Å². The lowest BCUT2D eigenvalue weighted by atomic mass is 9.97. The Labute approximate surface area is 108 Å². The minimum absolute atomic E-state index is 0.284. The Balaban J connectivity index is 1.98. The fourth-order valence-corrected chi connectivity index (χ4v) is 2.79. The Morgan fingerprint density at radius 2 is 2.17 bits per heavy atom. The summed E-state index contributed by atoms with van der Waals surface area (Å²) in [6, 6.07) is 6.53. The number of hydrogen-bond acceptors (Lipinski definition) is 5. The fourth-order valence-electron chi connectivity index (χ4n) is 2.79. The first-order valence-electron chi connectivity index (χ1n) is 6.59. The summed E-state index contributed by atoms with van der Waals surface area (Å²) in [6.45, 7) is 1.51. The highest BCUT2D eigenvalue weighted by molar-refractivity contribution is 5.29. The summed E-state index contributed by atoms with van der Waals surface area (Å²) >= 11 is 0. The van der Waals surface area contributed by atoms with Crippen LogP contribution in [0.3, 0.4) is 0 Å². The molecule has 1 aromatic rings. The summed E-state index contributed by atoms with van der Waals surface area (Å²) in [7, 11) is 0. The van der Waals surface area contributed by atoms with Gasteiger partial charge in [0, 0.05) is 30.9 Å². The number of aromatic nitrogens is 1. The van der Waals surface area contributed by atoms with Crippen LogP contribution in [0.25, 0.3) is 0 Å². The predicted molar refractivity (Wildman–Crippen MR) is 73.9 cm³/mol. The number of nitrogens with one attached hydrogen (secondary N) is 1. The van der Waals surface area contributed by atoms with Crippen LogP contribution in [0.4, 0.5) is 5.82 Å². The van der Waals surface area contributed by atoms with Crippen molar-refractivity contribution < 1.29 is 0 Å². The van der Waals surface area contributed by atoms with Crippen LogP contribution in [-0.2, 0) is 6.42 Å². The van der Waals surface area contributed by atoms with Gasteiger partial charge in [-0.2, -0.15) is 0 Å². The molecule has 0 aliphatic heterocycles. The molecule has 7 N–H and O–H groups in total. The van der Waals surface area contributed by atoms with Crippen molar-refractivity contribution >= 4 is 5.82 Å². The minimum Gasteiger partial charge on any atom is -0.384 e. The van der Waals surface area contributed by atoms with Gasteiger partial charge in [-0.15, -0.1) is 0 Å². The Morgan fingerprint density at radius 3 is 2.89 bits per heavy atom. The molecular weight excluding hydrogens is 226 g/mol. The number of rotatable bonds is 5. The van der Waals surface area contributed by atoms with Crippen LogP contribution >= 0.6 is 0 Å². The summed E-state index contributed by atoms with van der Waals surface area (Å²) in [6.07, 6.45) is 2.99. The number of hydrogen-bond donors (Lipinski definition) is 4. The zero-order valence-electron chi connectivity index (χ0n) is 10.7. The molecule has 0 amide bonds. The highest BCUT2D eigenvalue weighted by Crippen LogP contribution is 2.27. The van der Waals surface area contributed by atoms with E-state index in [-0.39, 0.29) is 6.04 Å². The van der Waals surface area contributed by atoms with Crippen LogP contribution < -0.4 is 22.5 Å². The normalized spacial score (nSPS) is 27.6. The van der Waals surface area contributed by atoms with Crippen LogP contribution in [0, 0.1) is 5.92 Å². The fraction of sp³-hybridized carbons (Fsp3) is 0.615. The lowest BCUT2D eigenvalue weighted by Gasteiger charge is -2.20. The molecule has 0 bridgehead atoms. The molecule has 1 saturated carbocycles. The summed E-state index contributed by atoms with van der Waals surface area (Å²) in [5.41, 5.74) is 18.3. The first-order chi connectivity index (χ1) is 8.69. The van der Waals surface area contributed by atoms with Crippen molar-refractivity contribution in [2.75, 3.05) is 18.8 Å². The Bertz CT molecular complexity index is 381. The lowest BCUT2D eigenvalue weighted by molar-refractivity contribution is 0.400. The van der Waals surface area contributed by atoms with Crippen LogP contribution in [-0.4, -0.2) is 30.2 Å². The molecule has 1 aromatic heterocycles. The number of anilines is 1. The molecule has 1 aliphatic carbocycles. The number of nitrogens with two attached hydrogens (primary N) is 3. The molecule has 3 atom stereocenters. The second-order valence-electron chi connectivity index (χ2n) is 5.10. The second-order valence-corrected chi connectivity index (χ2v) is 5.10. The molecule has 0 aromatic carbocycles. The molecule has 1 aliphatic rings. The monoisotopic (exact) mass is 249 g/mol. The van der Waals surface area contributed by atoms with Crippen LogP contribution in [0.1, 0.15) is 18.5 Å². The molecule has 0 unspecified atom stereocenters. The zero-order chi connectivity index (χ0) is 13.0. The van der Waals surface area contributed by atoms with E-state index in [0.29, 0.717) is 24.3 Å². The zero-order valence-corrected chi connectivity index (χ0v) is 10.7. The topological polar surface area (TPSA) is 103 Å². The molecule has 0 radical (unpaired) electrons. The van der Waals surface area contributed by atoms with Crippen molar-refractivity contribution in [3.05, 3.63) is 23.9 Å². The van der Waals surface area contributed by atoms with Gasteiger partial charge in [-0.05, 0) is 37.3 Å². The van der Waals surface area contributed by atoms with E-state index in [9.17, 15) is 0 Å². The van der Waals surface area contributed by atoms with Crippen LogP contribution in [0.2, 0.25) is 0 Å². The Morgan fingerprint density at radius 1 is 1.33 bits per heavy atom. The molecule has 18 heavy (non-hydrogen) atoms. The molecule has 1 heterocycles. The van der Waals surface area contributed by atoms with Crippen molar-refractivity contribution in [2.24, 2.45) is 17.4 Å². The molecular formula is C13H23N5. The summed E-state index contributed by atoms with van der Waals surface area (Å²) in [5.74, 6) is 1.11. The van der Waals surface area contributed by atoms with E-state index < -0.39 is 0 Å². The van der Waals surface area contributed by atoms with E-state index in [2.05, 4.69) is 10.3 Å². The van der Waals surface area contributed by atoms with Gasteiger partial charge in [-0.1, -0.05) is 6.07 Å². The van der Waals surface area contributed by atoms with Crippen LogP contribution in [0.15, 0.2) is 18.2 Å². The predicted octanol–water partition coefficient (Wildman–Crippen LogP) is -0.139. The van der Waals surface area contributed by atoms with Crippen molar-refractivity contribution in [3.8, 4) is 0 Å². The number of nitrogens with zero attached hydrogens (tertiary/aromatic N) is 1. The quantitative estimate of drug-likeness (QED) is 0.581. The maximum atomic E-state index is 6.05. The molecule has 5 heteroatoms. The summed E-state index contributed by atoms with van der Waals surface area (Å²) < 4.78 is 0. The average molecular weight is 249 g/mol. The second kappa shape index (κ2) is 6.13. The number of pyridine rings is 1. The van der Waals surface area contributed by atoms with Gasteiger partial charge in [-0.25, -0.2) is 4.98 Å². The third-order valence-corrected chi connectivity index (χ3v) is 3.58. The molecule has 2 rings (SSSR count). The van der Waals surface area contributed by atoms with E-state index in [0.717, 1.165) is 31.5 Å². The van der Waals surface area contributed by atoms with E-state index in [1.807, 2.05) is 18.2 Å². The standard InChI is InChI=1S/C13H23N5/c14-4-5-17-12-8-10(15)6-9(12)7-11-2-1-3-13(16)18-11/h1-3,9-10,12,17H,4-8,14-15H2,(H2,16,18)/t9-,10+,12+/m1/s1. The van der Waals surface area contributed by atoms with Gasteiger partial charge in [0.2, 0.25) is 0 Å². The van der Waals surface area contributed by atoms with E-state index in [1.165, 1.54) is 0 Å². The van der Waals surface area contributed by atoms with Crippen LogP contribution in [0.5, 0.6) is 0 Å². The minimum atomic E-state index is 0.284. The third-order valence-electron chi connectivity index (χ3n) is 3.58. The first kappa shape index (κ1) is 13.3. The maximum absolute atomic E-state index is 6.05. The molecule has 0 saturated heterocycles. The van der Waals surface area contributed by atoms with E-state index >= 15 is 0 Å². The maximum Gasteiger partial charge on any atom is 0.123 e. The van der Waals surface area contributed by atoms with Gasteiger partial charge in [0.25, 0.3) is 0 Å². The van der Waals surface area contributed by atoms with E-state index in [1.54, 1.807) is 0 Å². The Kier molecular flexibility index (Phi) is 4.52. The molecule has 5 nitrogen and oxygen atoms in total. The van der Waals surface area contributed by atoms with Crippen molar-refractivity contribution in [1.29, 1.82) is 0 Å². The van der Waals surface area contributed by atoms with Gasteiger partial charge in [-0.3, -0.25) is 0 Å². The Hall–Kier alpha value is -1.17. The first-order valence-corrected chi connectivity index (χ1v) is 6.59. The van der Waals surface area contributed by atoms with Gasteiger partial charge in [0.1, 0.15) is 5.82 Å². The highest BCUT2D eigenvalue weighted by atomic mass is 15.0. The smallest absolute Gasteiger partial charge is 0.123 e. The van der Waals surface area contributed by atoms with Gasteiger partial charge in [0.15, 0.2) is 0 Å². The molecule has 0 spiro atoms. The summed E-state index contributed by atoms with van der Waals surface area (Å²) in [4.78, 5) is 4.36. The lowest BCUT2D eigenvalue weighted by Crippen LogP contribution is -2.37. The van der Waals surface area contributed by atoms with Crippen molar-refractivity contribution in [1.82, 2.24) is 10.3 Å². The van der Waals surface area contributed by atoms with E-state index in [4.69, 9.17) is 17.2 Å². The van der Waals surface area contributed by atoms with Gasteiger partial charge < -0.3 is 22.5 Å². The van der Waals surface area contributed by atoms with Gasteiger partial charge >= 0.3 is 0 Å².